The van der Waals surface area contributed by atoms with Crippen molar-refractivity contribution in [3.8, 4) is 6.07 Å². The second-order valence-corrected chi connectivity index (χ2v) is 8.91. The molecule has 0 atom stereocenters. The highest BCUT2D eigenvalue weighted by Gasteiger charge is 2.20. The number of nitriles is 1. The highest BCUT2D eigenvalue weighted by Crippen LogP contribution is 2.27. The maximum atomic E-state index is 9.51. The van der Waals surface area contributed by atoms with Crippen molar-refractivity contribution >= 4 is 5.69 Å². The molecule has 0 radical (unpaired) electrons. The molecule has 2 aliphatic heterocycles. The number of anilines is 1. The second kappa shape index (κ2) is 10.0. The summed E-state index contributed by atoms with van der Waals surface area (Å²) in [6.07, 6.45) is 4.84. The molecule has 0 amide bonds. The molecule has 4 nitrogen and oxygen atoms in total. The molecule has 0 bridgehead atoms. The molecule has 4 rings (SSSR count). The summed E-state index contributed by atoms with van der Waals surface area (Å²) < 4.78 is 0. The molecule has 4 heteroatoms. The fourth-order valence-corrected chi connectivity index (χ4v) is 4.83. The van der Waals surface area contributed by atoms with Gasteiger partial charge in [0.25, 0.3) is 0 Å². The van der Waals surface area contributed by atoms with E-state index in [4.69, 9.17) is 0 Å². The number of hydrogen-bond donors (Lipinski definition) is 0. The minimum atomic E-state index is 0.831. The molecule has 162 valence electrons. The van der Waals surface area contributed by atoms with Crippen molar-refractivity contribution in [2.24, 2.45) is 0 Å². The molecule has 0 unspecified atom stereocenters. The lowest BCUT2D eigenvalue weighted by Gasteiger charge is -2.36. The smallest absolute Gasteiger partial charge is 0.102 e. The Hall–Kier alpha value is -2.77. The Bertz CT molecular complexity index is 925. The van der Waals surface area contributed by atoms with Crippen molar-refractivity contribution in [1.82, 2.24) is 9.80 Å². The first kappa shape index (κ1) is 21.5. The molecular weight excluding hydrogens is 380 g/mol. The Morgan fingerprint density at radius 3 is 2.32 bits per heavy atom. The molecule has 0 spiro atoms. The number of nitrogens with zero attached hydrogens (tertiary/aromatic N) is 4. The maximum Gasteiger partial charge on any atom is 0.102 e. The van der Waals surface area contributed by atoms with E-state index < -0.39 is 0 Å². The minimum absolute atomic E-state index is 0.831. The molecule has 0 aliphatic carbocycles. The standard InChI is InChI=1S/C27H34N4/c1-22-9-8-13-27(26(22)19-28)30-17-15-29(16-18-30)14-7-3-4-10-23(2)31-20-24-11-5-6-12-25(24)21-31/h5-6,8-9,11-13H,2-4,7,10,14-18,20-21H2,1H3. The Morgan fingerprint density at radius 2 is 1.65 bits per heavy atom. The first-order chi connectivity index (χ1) is 15.2. The van der Waals surface area contributed by atoms with Gasteiger partial charge >= 0.3 is 0 Å². The number of rotatable bonds is 8. The quantitative estimate of drug-likeness (QED) is 0.564. The molecule has 2 aromatic rings. The van der Waals surface area contributed by atoms with Crippen LogP contribution < -0.4 is 4.90 Å². The number of aryl methyl sites for hydroxylation is 1. The van der Waals surface area contributed by atoms with E-state index in [1.165, 1.54) is 42.6 Å². The van der Waals surface area contributed by atoms with Crippen LogP contribution in [0, 0.1) is 18.3 Å². The normalized spacial score (nSPS) is 16.3. The lowest BCUT2D eigenvalue weighted by molar-refractivity contribution is 0.251. The average Bonchev–Trinajstić information content (AvgIpc) is 3.23. The van der Waals surface area contributed by atoms with Crippen LogP contribution >= 0.6 is 0 Å². The molecule has 2 heterocycles. The molecule has 1 fully saturated rings. The van der Waals surface area contributed by atoms with E-state index in [2.05, 4.69) is 63.7 Å². The third-order valence-electron chi connectivity index (χ3n) is 6.80. The topological polar surface area (TPSA) is 33.5 Å². The van der Waals surface area contributed by atoms with Crippen molar-refractivity contribution in [3.63, 3.8) is 0 Å². The zero-order valence-corrected chi connectivity index (χ0v) is 18.8. The average molecular weight is 415 g/mol. The lowest BCUT2D eigenvalue weighted by atomic mass is 10.1. The van der Waals surface area contributed by atoms with Crippen molar-refractivity contribution < 1.29 is 0 Å². The fourth-order valence-electron chi connectivity index (χ4n) is 4.83. The van der Waals surface area contributed by atoms with Crippen LogP contribution in [0.15, 0.2) is 54.7 Å². The molecule has 31 heavy (non-hydrogen) atoms. The van der Waals surface area contributed by atoms with Crippen LogP contribution in [0.1, 0.15) is 47.9 Å². The first-order valence-electron chi connectivity index (χ1n) is 11.6. The van der Waals surface area contributed by atoms with Gasteiger partial charge in [-0.1, -0.05) is 49.4 Å². The van der Waals surface area contributed by atoms with Gasteiger partial charge in [0.05, 0.1) is 11.3 Å². The Kier molecular flexibility index (Phi) is 6.94. The maximum absolute atomic E-state index is 9.51. The van der Waals surface area contributed by atoms with Crippen LogP contribution in [0.5, 0.6) is 0 Å². The molecule has 0 saturated carbocycles. The number of fused-ring (bicyclic) bond motifs is 1. The van der Waals surface area contributed by atoms with E-state index in [0.29, 0.717) is 0 Å². The first-order valence-corrected chi connectivity index (χ1v) is 11.6. The van der Waals surface area contributed by atoms with Gasteiger partial charge in [0.15, 0.2) is 0 Å². The molecular formula is C27H34N4. The van der Waals surface area contributed by atoms with Crippen molar-refractivity contribution in [2.75, 3.05) is 37.6 Å². The molecule has 1 saturated heterocycles. The highest BCUT2D eigenvalue weighted by atomic mass is 15.3. The summed E-state index contributed by atoms with van der Waals surface area (Å²) in [7, 11) is 0. The van der Waals surface area contributed by atoms with E-state index in [0.717, 1.165) is 62.5 Å². The van der Waals surface area contributed by atoms with Crippen LogP contribution in [0.4, 0.5) is 5.69 Å². The van der Waals surface area contributed by atoms with E-state index in [9.17, 15) is 5.26 Å². The van der Waals surface area contributed by atoms with Crippen LogP contribution in [-0.2, 0) is 13.1 Å². The van der Waals surface area contributed by atoms with Gasteiger partial charge in [-0.3, -0.25) is 4.90 Å². The Morgan fingerprint density at radius 1 is 0.935 bits per heavy atom. The number of hydrogen-bond acceptors (Lipinski definition) is 4. The largest absolute Gasteiger partial charge is 0.368 e. The van der Waals surface area contributed by atoms with Gasteiger partial charge in [-0.05, 0) is 55.5 Å². The third-order valence-corrected chi connectivity index (χ3v) is 6.80. The van der Waals surface area contributed by atoms with Gasteiger partial charge in [0.2, 0.25) is 0 Å². The van der Waals surface area contributed by atoms with E-state index in [1.807, 2.05) is 13.0 Å². The molecule has 2 aliphatic rings. The fraction of sp³-hybridized carbons (Fsp3) is 0.444. The van der Waals surface area contributed by atoms with E-state index in [-0.39, 0.29) is 0 Å². The Balaban J connectivity index is 1.13. The van der Waals surface area contributed by atoms with Gasteiger partial charge in [-0.25, -0.2) is 0 Å². The van der Waals surface area contributed by atoms with Crippen molar-refractivity contribution in [2.45, 2.75) is 45.7 Å². The summed E-state index contributed by atoms with van der Waals surface area (Å²) in [5.41, 5.74) is 7.20. The van der Waals surface area contributed by atoms with Gasteiger partial charge in [0, 0.05) is 45.0 Å². The van der Waals surface area contributed by atoms with Crippen LogP contribution in [0.2, 0.25) is 0 Å². The third kappa shape index (κ3) is 5.11. The van der Waals surface area contributed by atoms with Crippen LogP contribution in [-0.4, -0.2) is 42.5 Å². The number of benzene rings is 2. The minimum Gasteiger partial charge on any atom is -0.368 e. The number of unbranched alkanes of at least 4 members (excludes halogenated alkanes) is 2. The number of allylic oxidation sites excluding steroid dienone is 1. The summed E-state index contributed by atoms with van der Waals surface area (Å²) in [4.78, 5) is 7.38. The predicted octanol–water partition coefficient (Wildman–Crippen LogP) is 5.08. The van der Waals surface area contributed by atoms with Crippen LogP contribution in [0.3, 0.4) is 0 Å². The second-order valence-electron chi connectivity index (χ2n) is 8.91. The van der Waals surface area contributed by atoms with Crippen molar-refractivity contribution in [3.05, 3.63) is 77.0 Å². The summed E-state index contributed by atoms with van der Waals surface area (Å²) in [6.45, 7) is 13.8. The SMILES string of the molecule is C=C(CCCCCN1CCN(c2cccc(C)c2C#N)CC1)N1Cc2ccccc2C1. The summed E-state index contributed by atoms with van der Waals surface area (Å²) in [5.74, 6) is 0. The molecule has 0 N–H and O–H groups in total. The summed E-state index contributed by atoms with van der Waals surface area (Å²) >= 11 is 0. The van der Waals surface area contributed by atoms with Gasteiger partial charge < -0.3 is 9.80 Å². The Labute approximate surface area is 187 Å². The van der Waals surface area contributed by atoms with Gasteiger partial charge in [-0.15, -0.1) is 0 Å². The predicted molar refractivity (Wildman–Crippen MR) is 128 cm³/mol. The lowest BCUT2D eigenvalue weighted by Crippen LogP contribution is -2.46. The van der Waals surface area contributed by atoms with Gasteiger partial charge in [-0.2, -0.15) is 5.26 Å². The zero-order valence-electron chi connectivity index (χ0n) is 18.8. The summed E-state index contributed by atoms with van der Waals surface area (Å²) in [6, 6.07) is 17.3. The number of piperazine rings is 1. The van der Waals surface area contributed by atoms with E-state index in [1.54, 1.807) is 0 Å². The summed E-state index contributed by atoms with van der Waals surface area (Å²) in [5, 5.41) is 9.51. The molecule has 2 aromatic carbocycles. The highest BCUT2D eigenvalue weighted by molar-refractivity contribution is 5.62. The van der Waals surface area contributed by atoms with Gasteiger partial charge in [0.1, 0.15) is 6.07 Å². The van der Waals surface area contributed by atoms with E-state index >= 15 is 0 Å². The monoisotopic (exact) mass is 414 g/mol. The van der Waals surface area contributed by atoms with Crippen LogP contribution in [0.25, 0.3) is 0 Å². The van der Waals surface area contributed by atoms with Crippen molar-refractivity contribution in [1.29, 1.82) is 5.26 Å². The zero-order chi connectivity index (χ0) is 21.6. The molecule has 0 aromatic heterocycles.